The van der Waals surface area contributed by atoms with Crippen LogP contribution >= 0.6 is 0 Å². The van der Waals surface area contributed by atoms with Crippen LogP contribution in [0, 0.1) is 11.8 Å². The maximum Gasteiger partial charge on any atom is 0.329 e. The van der Waals surface area contributed by atoms with Crippen molar-refractivity contribution < 1.29 is 48.0 Å². The Balaban J connectivity index is 1.53. The highest BCUT2D eigenvalue weighted by Gasteiger charge is 2.76. The molecular weight excluding hydrogens is 743 g/mol. The molecule has 13 nitrogen and oxygen atoms in total. The van der Waals surface area contributed by atoms with E-state index in [0.29, 0.717) is 22.4 Å². The quantitative estimate of drug-likeness (QED) is 0.108. The van der Waals surface area contributed by atoms with Crippen molar-refractivity contribution in [2.45, 2.75) is 49.5 Å². The van der Waals surface area contributed by atoms with Crippen LogP contribution in [-0.4, -0.2) is 78.9 Å². The molecule has 2 saturated heterocycles. The van der Waals surface area contributed by atoms with Gasteiger partial charge in [0.15, 0.2) is 0 Å². The third-order valence-electron chi connectivity index (χ3n) is 11.1. The molecule has 3 aliphatic rings. The number of urea groups is 1. The molecule has 0 bridgehead atoms. The second-order valence-corrected chi connectivity index (χ2v) is 14.7. The molecule has 13 heteroatoms. The zero-order valence-electron chi connectivity index (χ0n) is 32.4. The zero-order chi connectivity index (χ0) is 41.1. The van der Waals surface area contributed by atoms with Gasteiger partial charge in [-0.2, -0.15) is 0 Å². The summed E-state index contributed by atoms with van der Waals surface area (Å²) in [6.07, 6.45) is 0.486. The van der Waals surface area contributed by atoms with Gasteiger partial charge in [-0.15, -0.1) is 0 Å². The average Bonchev–Trinajstić information content (AvgIpc) is 3.70. The molecule has 3 amide bonds. The van der Waals surface area contributed by atoms with Gasteiger partial charge in [0.05, 0.1) is 31.5 Å². The van der Waals surface area contributed by atoms with E-state index < -0.39 is 77.4 Å². The normalized spacial score (nSPS) is 24.1. The lowest BCUT2D eigenvalue weighted by atomic mass is 9.65. The first-order chi connectivity index (χ1) is 28.1. The summed E-state index contributed by atoms with van der Waals surface area (Å²) in [6.45, 7) is 6.77. The molecule has 1 spiro atoms. The Morgan fingerprint density at radius 3 is 2.14 bits per heavy atom. The first-order valence-corrected chi connectivity index (χ1v) is 19.1. The van der Waals surface area contributed by atoms with Crippen molar-refractivity contribution in [1.82, 2.24) is 10.2 Å². The van der Waals surface area contributed by atoms with Gasteiger partial charge in [-0.05, 0) is 46.4 Å². The molecule has 3 heterocycles. The number of nitrogens with one attached hydrogen (secondary N) is 1. The Kier molecular flexibility index (Phi) is 11.5. The van der Waals surface area contributed by atoms with Gasteiger partial charge in [-0.25, -0.2) is 14.5 Å². The number of carbonyl (C=O) groups is 5. The number of fused-ring (bicyclic) bond motifs is 3. The number of anilines is 1. The van der Waals surface area contributed by atoms with Crippen molar-refractivity contribution in [1.29, 1.82) is 0 Å². The zero-order valence-corrected chi connectivity index (χ0v) is 32.4. The standard InChI is InChI=1S/C45H45N3O10/c1-5-25-57-40(50)34-37-42(52)58-38(29-16-10-7-11-17-29)36(28-14-8-6-9-15-28)48(37)39(30-20-22-31(23-21-30)56-26-24-49)45(34)32-18-12-13-19-33(32)47(43(45)53)44(54)46-35(27(2)3)41(51)55-4/h5-23,27,34-39,49H,1,24-26H2,2-4H3,(H,46,54)/t34-,35-,36-,37-,38+,39+,45-/m0/s1. The molecule has 0 radical (unpaired) electrons. The second-order valence-electron chi connectivity index (χ2n) is 14.7. The Bertz CT molecular complexity index is 2180. The summed E-state index contributed by atoms with van der Waals surface area (Å²) in [5, 5.41) is 12.1. The fourth-order valence-corrected chi connectivity index (χ4v) is 8.79. The lowest BCUT2D eigenvalue weighted by Gasteiger charge is -2.46. The van der Waals surface area contributed by atoms with E-state index in [-0.39, 0.29) is 25.5 Å². The summed E-state index contributed by atoms with van der Waals surface area (Å²) in [7, 11) is 1.21. The number of carbonyl (C=O) groups excluding carboxylic acids is 5. The number of nitrogens with zero attached hydrogens (tertiary/aromatic N) is 2. The maximum atomic E-state index is 15.9. The third-order valence-corrected chi connectivity index (χ3v) is 11.1. The van der Waals surface area contributed by atoms with E-state index in [1.165, 1.54) is 13.2 Å². The third kappa shape index (κ3) is 6.69. The largest absolute Gasteiger partial charge is 0.491 e. The second kappa shape index (κ2) is 16.7. The number of hydrogen-bond acceptors (Lipinski definition) is 11. The summed E-state index contributed by atoms with van der Waals surface area (Å²) in [6, 6.07) is 26.8. The van der Waals surface area contributed by atoms with Crippen LogP contribution in [0.25, 0.3) is 0 Å². The van der Waals surface area contributed by atoms with Crippen molar-refractivity contribution in [3.63, 3.8) is 0 Å². The fourth-order valence-electron chi connectivity index (χ4n) is 8.79. The minimum absolute atomic E-state index is 0.0394. The van der Waals surface area contributed by atoms with Gasteiger partial charge < -0.3 is 29.4 Å². The summed E-state index contributed by atoms with van der Waals surface area (Å²) in [4.78, 5) is 75.9. The van der Waals surface area contributed by atoms with Gasteiger partial charge in [0.2, 0.25) is 5.91 Å². The summed E-state index contributed by atoms with van der Waals surface area (Å²) < 4.78 is 22.9. The molecule has 7 atom stereocenters. The highest BCUT2D eigenvalue weighted by atomic mass is 16.6. The van der Waals surface area contributed by atoms with Gasteiger partial charge in [-0.1, -0.05) is 117 Å². The molecular formula is C45H45N3O10. The number of para-hydroxylation sites is 1. The molecule has 2 N–H and O–H groups in total. The van der Waals surface area contributed by atoms with Crippen LogP contribution in [0.1, 0.15) is 54.3 Å². The summed E-state index contributed by atoms with van der Waals surface area (Å²) in [5.74, 6) is -4.70. The Labute approximate surface area is 336 Å². The molecule has 7 rings (SSSR count). The van der Waals surface area contributed by atoms with Crippen LogP contribution in [0.3, 0.4) is 0 Å². The molecule has 3 aliphatic heterocycles. The number of methoxy groups -OCH3 is 1. The van der Waals surface area contributed by atoms with E-state index >= 15 is 4.79 Å². The van der Waals surface area contributed by atoms with Gasteiger partial charge in [-0.3, -0.25) is 19.3 Å². The number of esters is 3. The lowest BCUT2D eigenvalue weighted by Crippen LogP contribution is -2.56. The van der Waals surface area contributed by atoms with Crippen molar-refractivity contribution in [3.8, 4) is 5.75 Å². The Hall–Kier alpha value is -6.31. The van der Waals surface area contributed by atoms with Crippen LogP contribution < -0.4 is 15.0 Å². The van der Waals surface area contributed by atoms with E-state index in [1.807, 2.05) is 65.6 Å². The van der Waals surface area contributed by atoms with E-state index in [9.17, 15) is 24.3 Å². The fraction of sp³-hybridized carbons (Fsp3) is 0.311. The van der Waals surface area contributed by atoms with Gasteiger partial charge in [0.1, 0.15) is 48.5 Å². The topological polar surface area (TPSA) is 161 Å². The van der Waals surface area contributed by atoms with Crippen LogP contribution in [0.4, 0.5) is 10.5 Å². The lowest BCUT2D eigenvalue weighted by molar-refractivity contribution is -0.180. The highest BCUT2D eigenvalue weighted by Crippen LogP contribution is 2.66. The van der Waals surface area contributed by atoms with Crippen molar-refractivity contribution in [2.75, 3.05) is 31.8 Å². The Morgan fingerprint density at radius 2 is 1.52 bits per heavy atom. The van der Waals surface area contributed by atoms with E-state index in [1.54, 1.807) is 62.4 Å². The first-order valence-electron chi connectivity index (χ1n) is 19.1. The first kappa shape index (κ1) is 39.9. The van der Waals surface area contributed by atoms with Crippen molar-refractivity contribution >= 4 is 35.5 Å². The predicted octanol–water partition coefficient (Wildman–Crippen LogP) is 5.36. The molecule has 4 aromatic carbocycles. The number of aliphatic hydroxyl groups excluding tert-OH is 1. The van der Waals surface area contributed by atoms with Crippen LogP contribution in [0.5, 0.6) is 5.75 Å². The number of rotatable bonds is 12. The van der Waals surface area contributed by atoms with Gasteiger partial charge in [0.25, 0.3) is 0 Å². The number of morpholine rings is 1. The number of hydrogen-bond donors (Lipinski definition) is 2. The molecule has 0 unspecified atom stereocenters. The molecule has 2 fully saturated rings. The van der Waals surface area contributed by atoms with Crippen molar-refractivity contribution in [3.05, 3.63) is 144 Å². The predicted molar refractivity (Wildman–Crippen MR) is 211 cm³/mol. The molecule has 4 aromatic rings. The van der Waals surface area contributed by atoms with Gasteiger partial charge >= 0.3 is 23.9 Å². The summed E-state index contributed by atoms with van der Waals surface area (Å²) >= 11 is 0. The maximum absolute atomic E-state index is 15.9. The average molecular weight is 788 g/mol. The van der Waals surface area contributed by atoms with Crippen molar-refractivity contribution in [2.24, 2.45) is 11.8 Å². The summed E-state index contributed by atoms with van der Waals surface area (Å²) in [5.41, 5.74) is 0.399. The molecule has 0 aliphatic carbocycles. The number of amides is 3. The Morgan fingerprint density at radius 1 is 0.879 bits per heavy atom. The molecule has 0 aromatic heterocycles. The number of benzene rings is 4. The number of aliphatic hydroxyl groups is 1. The minimum Gasteiger partial charge on any atom is -0.491 e. The minimum atomic E-state index is -2.00. The van der Waals surface area contributed by atoms with E-state index in [4.69, 9.17) is 18.9 Å². The SMILES string of the molecule is C=CCOC(=O)[C@@H]1[C@H]2C(=O)O[C@H](c3ccccc3)[C@H](c3ccccc3)N2[C@H](c2ccc(OCCO)cc2)[C@@]12C(=O)N(C(=O)N[C@H](C(=O)OC)C(C)C)c1ccccc12. The van der Waals surface area contributed by atoms with Crippen LogP contribution in [-0.2, 0) is 38.8 Å². The molecule has 58 heavy (non-hydrogen) atoms. The smallest absolute Gasteiger partial charge is 0.329 e. The monoisotopic (exact) mass is 787 g/mol. The van der Waals surface area contributed by atoms with Gasteiger partial charge in [0, 0.05) is 0 Å². The van der Waals surface area contributed by atoms with Crippen LogP contribution in [0.15, 0.2) is 122 Å². The molecule has 0 saturated carbocycles. The molecule has 300 valence electrons. The van der Waals surface area contributed by atoms with E-state index in [2.05, 4.69) is 11.9 Å². The van der Waals surface area contributed by atoms with Crippen LogP contribution in [0.2, 0.25) is 0 Å². The number of cyclic esters (lactones) is 1. The number of ether oxygens (including phenoxy) is 4. The van der Waals surface area contributed by atoms with E-state index in [0.717, 1.165) is 10.5 Å². The number of imide groups is 1. The highest BCUT2D eigenvalue weighted by molar-refractivity contribution is 6.24.